The van der Waals surface area contributed by atoms with Gasteiger partial charge in [-0.2, -0.15) is 0 Å². The third-order valence-electron chi connectivity index (χ3n) is 6.73. The van der Waals surface area contributed by atoms with Crippen LogP contribution in [0.4, 0.5) is 5.69 Å². The minimum atomic E-state index is -0.352. The Morgan fingerprint density at radius 2 is 0.969 bits per heavy atom. The molecule has 1 heteroatoms. The van der Waals surface area contributed by atoms with Gasteiger partial charge in [-0.1, -0.05) is 115 Å². The number of hydrogen-bond acceptors (Lipinski definition) is 1. The van der Waals surface area contributed by atoms with Crippen LogP contribution in [-0.4, -0.2) is 0 Å². The fourth-order valence-electron chi connectivity index (χ4n) is 5.38. The van der Waals surface area contributed by atoms with Crippen LogP contribution in [-0.2, 0) is 5.41 Å². The molecule has 0 heterocycles. The number of para-hydroxylation sites is 1. The van der Waals surface area contributed by atoms with Crippen LogP contribution in [0.3, 0.4) is 0 Å². The molecule has 0 spiro atoms. The largest absolute Gasteiger partial charge is 0.398 e. The number of hydrogen-bond donors (Lipinski definition) is 1. The molecule has 0 bridgehead atoms. The van der Waals surface area contributed by atoms with Gasteiger partial charge in [-0.3, -0.25) is 0 Å². The summed E-state index contributed by atoms with van der Waals surface area (Å²) in [5.74, 6) is 0. The van der Waals surface area contributed by atoms with Gasteiger partial charge in [-0.05, 0) is 51.1 Å². The van der Waals surface area contributed by atoms with Crippen LogP contribution in [0.15, 0.2) is 127 Å². The topological polar surface area (TPSA) is 26.0 Å². The molecule has 5 aromatic carbocycles. The third-order valence-corrected chi connectivity index (χ3v) is 6.73. The Labute approximate surface area is 188 Å². The standard InChI is InChI=1S/C31H23N/c32-30-18-10-8-15-25(30)22-19-20-29-27(21-22)26-16-7-9-17-28(26)31(29,23-11-3-1-4-12-23)24-13-5-2-6-14-24/h1-21H,32H2. The average Bonchev–Trinajstić information content (AvgIpc) is 3.16. The summed E-state index contributed by atoms with van der Waals surface area (Å²) in [6, 6.07) is 45.5. The molecule has 0 radical (unpaired) electrons. The maximum absolute atomic E-state index is 6.33. The van der Waals surface area contributed by atoms with E-state index in [0.717, 1.165) is 16.8 Å². The first-order valence-electron chi connectivity index (χ1n) is 11.0. The van der Waals surface area contributed by atoms with Gasteiger partial charge in [-0.25, -0.2) is 0 Å². The fourth-order valence-corrected chi connectivity index (χ4v) is 5.38. The van der Waals surface area contributed by atoms with Crippen LogP contribution >= 0.6 is 0 Å². The summed E-state index contributed by atoms with van der Waals surface area (Å²) < 4.78 is 0. The van der Waals surface area contributed by atoms with Gasteiger partial charge in [0.15, 0.2) is 0 Å². The normalized spacial score (nSPS) is 13.4. The van der Waals surface area contributed by atoms with Crippen molar-refractivity contribution in [1.29, 1.82) is 0 Å². The van der Waals surface area contributed by atoms with E-state index in [1.54, 1.807) is 0 Å². The van der Waals surface area contributed by atoms with Gasteiger partial charge in [0.1, 0.15) is 0 Å². The molecule has 0 fully saturated rings. The van der Waals surface area contributed by atoms with E-state index in [2.05, 4.69) is 109 Å². The van der Waals surface area contributed by atoms with Crippen molar-refractivity contribution in [2.75, 3.05) is 5.73 Å². The molecule has 0 saturated heterocycles. The van der Waals surface area contributed by atoms with Gasteiger partial charge in [0.25, 0.3) is 0 Å². The minimum absolute atomic E-state index is 0.352. The molecule has 32 heavy (non-hydrogen) atoms. The van der Waals surface area contributed by atoms with E-state index in [1.165, 1.54) is 33.4 Å². The Morgan fingerprint density at radius 1 is 0.438 bits per heavy atom. The van der Waals surface area contributed by atoms with Crippen molar-refractivity contribution in [1.82, 2.24) is 0 Å². The van der Waals surface area contributed by atoms with Gasteiger partial charge < -0.3 is 5.73 Å². The maximum atomic E-state index is 6.33. The molecule has 0 saturated carbocycles. The number of fused-ring (bicyclic) bond motifs is 3. The number of rotatable bonds is 3. The lowest BCUT2D eigenvalue weighted by Gasteiger charge is -2.33. The maximum Gasteiger partial charge on any atom is 0.0713 e. The van der Waals surface area contributed by atoms with E-state index < -0.39 is 0 Å². The molecule has 6 rings (SSSR count). The van der Waals surface area contributed by atoms with Crippen molar-refractivity contribution >= 4 is 5.69 Å². The van der Waals surface area contributed by atoms with E-state index in [4.69, 9.17) is 5.73 Å². The summed E-state index contributed by atoms with van der Waals surface area (Å²) in [5.41, 5.74) is 16.8. The van der Waals surface area contributed by atoms with Crippen molar-refractivity contribution in [3.63, 3.8) is 0 Å². The second-order valence-corrected chi connectivity index (χ2v) is 8.38. The van der Waals surface area contributed by atoms with Crippen LogP contribution in [0.2, 0.25) is 0 Å². The molecule has 0 unspecified atom stereocenters. The predicted octanol–water partition coefficient (Wildman–Crippen LogP) is 7.30. The zero-order valence-electron chi connectivity index (χ0n) is 17.7. The van der Waals surface area contributed by atoms with Gasteiger partial charge >= 0.3 is 0 Å². The summed E-state index contributed by atoms with van der Waals surface area (Å²) in [7, 11) is 0. The van der Waals surface area contributed by atoms with Crippen LogP contribution in [0.5, 0.6) is 0 Å². The highest BCUT2D eigenvalue weighted by molar-refractivity contribution is 5.90. The van der Waals surface area contributed by atoms with Crippen molar-refractivity contribution < 1.29 is 0 Å². The highest BCUT2D eigenvalue weighted by Gasteiger charge is 2.45. The quantitative estimate of drug-likeness (QED) is 0.305. The van der Waals surface area contributed by atoms with Crippen molar-refractivity contribution in [2.45, 2.75) is 5.41 Å². The molecule has 0 aliphatic heterocycles. The first-order chi connectivity index (χ1) is 15.8. The van der Waals surface area contributed by atoms with Crippen LogP contribution in [0.25, 0.3) is 22.3 Å². The van der Waals surface area contributed by atoms with Crippen LogP contribution in [0.1, 0.15) is 22.3 Å². The Morgan fingerprint density at radius 3 is 1.62 bits per heavy atom. The number of anilines is 1. The summed E-state index contributed by atoms with van der Waals surface area (Å²) in [6.07, 6.45) is 0. The Balaban J connectivity index is 1.71. The van der Waals surface area contributed by atoms with E-state index >= 15 is 0 Å². The molecule has 0 aromatic heterocycles. The third kappa shape index (κ3) is 2.58. The number of benzene rings is 5. The number of nitrogens with two attached hydrogens (primary N) is 1. The fraction of sp³-hybridized carbons (Fsp3) is 0.0323. The van der Waals surface area contributed by atoms with E-state index in [-0.39, 0.29) is 5.41 Å². The highest BCUT2D eigenvalue weighted by atomic mass is 14.6. The van der Waals surface area contributed by atoms with Crippen molar-refractivity contribution in [3.8, 4) is 22.3 Å². The summed E-state index contributed by atoms with van der Waals surface area (Å²) >= 11 is 0. The molecule has 5 aromatic rings. The lowest BCUT2D eigenvalue weighted by atomic mass is 9.67. The van der Waals surface area contributed by atoms with E-state index in [0.29, 0.717) is 0 Å². The summed E-state index contributed by atoms with van der Waals surface area (Å²) in [4.78, 5) is 0. The summed E-state index contributed by atoms with van der Waals surface area (Å²) in [6.45, 7) is 0. The Kier molecular flexibility index (Phi) is 4.22. The second-order valence-electron chi connectivity index (χ2n) is 8.38. The zero-order chi connectivity index (χ0) is 21.5. The van der Waals surface area contributed by atoms with Crippen molar-refractivity contribution in [3.05, 3.63) is 150 Å². The second kappa shape index (κ2) is 7.25. The summed E-state index contributed by atoms with van der Waals surface area (Å²) in [5, 5.41) is 0. The van der Waals surface area contributed by atoms with Gasteiger partial charge in [-0.15, -0.1) is 0 Å². The molecule has 1 nitrogen and oxygen atoms in total. The Bertz CT molecular complexity index is 1380. The molecular formula is C31H23N. The van der Waals surface area contributed by atoms with Gasteiger partial charge in [0, 0.05) is 11.3 Å². The van der Waals surface area contributed by atoms with Crippen LogP contribution in [0, 0.1) is 0 Å². The first-order valence-corrected chi connectivity index (χ1v) is 11.0. The minimum Gasteiger partial charge on any atom is -0.398 e. The number of nitrogen functional groups attached to an aromatic ring is 1. The molecule has 0 atom stereocenters. The molecule has 1 aliphatic carbocycles. The lowest BCUT2D eigenvalue weighted by Crippen LogP contribution is -2.28. The molecular weight excluding hydrogens is 386 g/mol. The monoisotopic (exact) mass is 409 g/mol. The molecule has 0 amide bonds. The zero-order valence-corrected chi connectivity index (χ0v) is 17.7. The van der Waals surface area contributed by atoms with Crippen molar-refractivity contribution in [2.24, 2.45) is 0 Å². The van der Waals surface area contributed by atoms with E-state index in [1.807, 2.05) is 18.2 Å². The van der Waals surface area contributed by atoms with Gasteiger partial charge in [0.05, 0.1) is 5.41 Å². The molecule has 1 aliphatic rings. The Hall–Kier alpha value is -4.10. The average molecular weight is 410 g/mol. The van der Waals surface area contributed by atoms with E-state index in [9.17, 15) is 0 Å². The highest BCUT2D eigenvalue weighted by Crippen LogP contribution is 2.56. The lowest BCUT2D eigenvalue weighted by molar-refractivity contribution is 0.768. The molecule has 152 valence electrons. The van der Waals surface area contributed by atoms with Gasteiger partial charge in [0.2, 0.25) is 0 Å². The molecule has 2 N–H and O–H groups in total. The smallest absolute Gasteiger partial charge is 0.0713 e. The first kappa shape index (κ1) is 18.7. The predicted molar refractivity (Wildman–Crippen MR) is 134 cm³/mol. The SMILES string of the molecule is Nc1ccccc1-c1ccc2c(c1)-c1ccccc1C2(c1ccccc1)c1ccccc1. The van der Waals surface area contributed by atoms with Crippen LogP contribution < -0.4 is 5.73 Å².